The molecule has 124 valence electrons. The minimum atomic E-state index is -0.476. The maximum atomic E-state index is 10.5. The molecule has 22 heavy (non-hydrogen) atoms. The predicted octanol–water partition coefficient (Wildman–Crippen LogP) is 3.78. The van der Waals surface area contributed by atoms with E-state index < -0.39 is 6.10 Å². The first-order valence-electron chi connectivity index (χ1n) is 8.37. The average Bonchev–Trinajstić information content (AvgIpc) is 2.42. The fourth-order valence-corrected chi connectivity index (χ4v) is 3.70. The van der Waals surface area contributed by atoms with Gasteiger partial charge < -0.3 is 9.84 Å². The van der Waals surface area contributed by atoms with Gasteiger partial charge in [0, 0.05) is 17.6 Å². The number of hydrogen-bond donors (Lipinski definition) is 1. The molecule has 0 bridgehead atoms. The van der Waals surface area contributed by atoms with Crippen molar-refractivity contribution in [2.24, 2.45) is 0 Å². The van der Waals surface area contributed by atoms with E-state index in [1.807, 2.05) is 31.2 Å². The summed E-state index contributed by atoms with van der Waals surface area (Å²) in [6.45, 7) is 12.1. The van der Waals surface area contributed by atoms with Gasteiger partial charge >= 0.3 is 0 Å². The minimum absolute atomic E-state index is 0.130. The number of hydrogen-bond acceptors (Lipinski definition) is 3. The third kappa shape index (κ3) is 4.02. The van der Waals surface area contributed by atoms with Gasteiger partial charge in [-0.15, -0.1) is 0 Å². The van der Waals surface area contributed by atoms with Crippen molar-refractivity contribution in [3.8, 4) is 5.75 Å². The molecule has 1 aliphatic heterocycles. The lowest BCUT2D eigenvalue weighted by Crippen LogP contribution is -2.60. The Hall–Kier alpha value is -1.06. The topological polar surface area (TPSA) is 32.7 Å². The van der Waals surface area contributed by atoms with Crippen LogP contribution in [0.4, 0.5) is 0 Å². The molecule has 0 spiro atoms. The lowest BCUT2D eigenvalue weighted by atomic mass is 9.79. The Kier molecular flexibility index (Phi) is 5.18. The summed E-state index contributed by atoms with van der Waals surface area (Å²) in [5, 5.41) is 10.5. The Morgan fingerprint density at radius 1 is 1.14 bits per heavy atom. The number of nitrogens with zero attached hydrogens (tertiary/aromatic N) is 1. The zero-order chi connectivity index (χ0) is 16.4. The van der Waals surface area contributed by atoms with Crippen molar-refractivity contribution in [2.45, 2.75) is 71.1 Å². The Balaban J connectivity index is 1.95. The third-order valence-electron chi connectivity index (χ3n) is 4.96. The van der Waals surface area contributed by atoms with Crippen molar-refractivity contribution in [1.82, 2.24) is 4.90 Å². The van der Waals surface area contributed by atoms with E-state index in [1.54, 1.807) is 0 Å². The van der Waals surface area contributed by atoms with Crippen LogP contribution in [0.5, 0.6) is 5.75 Å². The van der Waals surface area contributed by atoms with Gasteiger partial charge in [0.05, 0.1) is 0 Å². The molecule has 0 amide bonds. The zero-order valence-corrected chi connectivity index (χ0v) is 14.7. The van der Waals surface area contributed by atoms with E-state index in [1.165, 1.54) is 19.3 Å². The Morgan fingerprint density at radius 3 is 2.32 bits per heavy atom. The number of aliphatic hydroxyl groups excluding tert-OH is 1. The van der Waals surface area contributed by atoms with Crippen molar-refractivity contribution >= 4 is 0 Å². The quantitative estimate of drug-likeness (QED) is 0.898. The smallest absolute Gasteiger partial charge is 0.122 e. The van der Waals surface area contributed by atoms with E-state index in [4.69, 9.17) is 4.74 Å². The molecule has 1 aromatic rings. The molecule has 2 rings (SSSR count). The van der Waals surface area contributed by atoms with Gasteiger partial charge in [0.25, 0.3) is 0 Å². The van der Waals surface area contributed by atoms with Crippen molar-refractivity contribution in [2.75, 3.05) is 13.2 Å². The van der Waals surface area contributed by atoms with Crippen LogP contribution >= 0.6 is 0 Å². The standard InChI is InChI=1S/C19H31NO2/c1-15-9-6-7-10-17(15)22-14-16(21)13-20-18(2,3)11-8-12-19(20,4)5/h6-7,9-10,16,21H,8,11-14H2,1-5H3. The highest BCUT2D eigenvalue weighted by atomic mass is 16.5. The molecule has 1 aromatic carbocycles. The van der Waals surface area contributed by atoms with E-state index in [-0.39, 0.29) is 11.1 Å². The minimum Gasteiger partial charge on any atom is -0.491 e. The Labute approximate surface area is 135 Å². The maximum absolute atomic E-state index is 10.5. The number of β-amino-alcohol motifs (C(OH)–C–C–N with tert-alkyl or cyclic N) is 1. The van der Waals surface area contributed by atoms with Crippen LogP contribution in [0.1, 0.15) is 52.5 Å². The van der Waals surface area contributed by atoms with Crippen molar-refractivity contribution in [3.63, 3.8) is 0 Å². The molecule has 0 radical (unpaired) electrons. The molecule has 1 heterocycles. The molecule has 0 aromatic heterocycles. The number of para-hydroxylation sites is 1. The summed E-state index contributed by atoms with van der Waals surface area (Å²) in [7, 11) is 0. The number of aliphatic hydroxyl groups is 1. The van der Waals surface area contributed by atoms with E-state index in [0.717, 1.165) is 11.3 Å². The van der Waals surface area contributed by atoms with Gasteiger partial charge in [0.15, 0.2) is 0 Å². The molecule has 1 fully saturated rings. The molecule has 1 N–H and O–H groups in total. The number of likely N-dealkylation sites (tertiary alicyclic amines) is 1. The summed E-state index contributed by atoms with van der Waals surface area (Å²) >= 11 is 0. The van der Waals surface area contributed by atoms with Crippen LogP contribution in [-0.2, 0) is 0 Å². The van der Waals surface area contributed by atoms with Gasteiger partial charge in [-0.05, 0) is 65.5 Å². The molecule has 1 saturated heterocycles. The maximum Gasteiger partial charge on any atom is 0.122 e. The van der Waals surface area contributed by atoms with Crippen LogP contribution in [0.2, 0.25) is 0 Å². The van der Waals surface area contributed by atoms with Gasteiger partial charge in [-0.2, -0.15) is 0 Å². The number of piperidine rings is 1. The van der Waals surface area contributed by atoms with Crippen LogP contribution in [-0.4, -0.2) is 40.3 Å². The van der Waals surface area contributed by atoms with Gasteiger partial charge in [0.2, 0.25) is 0 Å². The van der Waals surface area contributed by atoms with E-state index in [0.29, 0.717) is 13.2 Å². The van der Waals surface area contributed by atoms with Crippen LogP contribution < -0.4 is 4.74 Å². The highest BCUT2D eigenvalue weighted by Gasteiger charge is 2.41. The highest BCUT2D eigenvalue weighted by Crippen LogP contribution is 2.38. The molecular weight excluding hydrogens is 274 g/mol. The SMILES string of the molecule is Cc1ccccc1OCC(O)CN1C(C)(C)CCCC1(C)C. The second kappa shape index (κ2) is 6.59. The van der Waals surface area contributed by atoms with E-state index >= 15 is 0 Å². The highest BCUT2D eigenvalue weighted by molar-refractivity contribution is 5.31. The lowest BCUT2D eigenvalue weighted by Gasteiger charge is -2.53. The first-order valence-corrected chi connectivity index (χ1v) is 8.37. The van der Waals surface area contributed by atoms with Crippen molar-refractivity contribution in [1.29, 1.82) is 0 Å². The summed E-state index contributed by atoms with van der Waals surface area (Å²) in [4.78, 5) is 2.45. The monoisotopic (exact) mass is 305 g/mol. The average molecular weight is 305 g/mol. The van der Waals surface area contributed by atoms with Crippen LogP contribution in [0.15, 0.2) is 24.3 Å². The molecule has 3 heteroatoms. The lowest BCUT2D eigenvalue weighted by molar-refractivity contribution is -0.0607. The van der Waals surface area contributed by atoms with Crippen molar-refractivity contribution < 1.29 is 9.84 Å². The largest absolute Gasteiger partial charge is 0.491 e. The van der Waals surface area contributed by atoms with Gasteiger partial charge in [0.1, 0.15) is 18.5 Å². The first kappa shape index (κ1) is 17.3. The second-order valence-corrected chi connectivity index (χ2v) is 7.82. The molecule has 0 saturated carbocycles. The summed E-state index contributed by atoms with van der Waals surface area (Å²) in [6.07, 6.45) is 3.15. The predicted molar refractivity (Wildman–Crippen MR) is 91.4 cm³/mol. The van der Waals surface area contributed by atoms with E-state index in [2.05, 4.69) is 32.6 Å². The Bertz CT molecular complexity index is 480. The number of aryl methyl sites for hydroxylation is 1. The fraction of sp³-hybridized carbons (Fsp3) is 0.684. The Morgan fingerprint density at radius 2 is 1.73 bits per heavy atom. The second-order valence-electron chi connectivity index (χ2n) is 7.82. The van der Waals surface area contributed by atoms with Crippen molar-refractivity contribution in [3.05, 3.63) is 29.8 Å². The molecule has 1 aliphatic rings. The van der Waals surface area contributed by atoms with Crippen LogP contribution in [0.25, 0.3) is 0 Å². The number of ether oxygens (including phenoxy) is 1. The summed E-state index contributed by atoms with van der Waals surface area (Å²) in [5.74, 6) is 0.860. The van der Waals surface area contributed by atoms with Crippen LogP contribution in [0.3, 0.4) is 0 Å². The first-order chi connectivity index (χ1) is 10.2. The molecule has 1 atom stereocenters. The normalized spacial score (nSPS) is 22.3. The van der Waals surface area contributed by atoms with Gasteiger partial charge in [-0.25, -0.2) is 0 Å². The summed E-state index contributed by atoms with van der Waals surface area (Å²) in [5.41, 5.74) is 1.37. The van der Waals surface area contributed by atoms with Gasteiger partial charge in [-0.1, -0.05) is 18.2 Å². The number of rotatable bonds is 5. The fourth-order valence-electron chi connectivity index (χ4n) is 3.70. The number of benzene rings is 1. The third-order valence-corrected chi connectivity index (χ3v) is 4.96. The molecular formula is C19H31NO2. The molecule has 0 aliphatic carbocycles. The molecule has 3 nitrogen and oxygen atoms in total. The van der Waals surface area contributed by atoms with E-state index in [9.17, 15) is 5.11 Å². The summed E-state index contributed by atoms with van der Waals surface area (Å²) < 4.78 is 5.80. The van der Waals surface area contributed by atoms with Crippen LogP contribution in [0, 0.1) is 6.92 Å². The molecule has 1 unspecified atom stereocenters. The van der Waals surface area contributed by atoms with Gasteiger partial charge in [-0.3, -0.25) is 4.90 Å². The zero-order valence-electron chi connectivity index (χ0n) is 14.7. The summed E-state index contributed by atoms with van der Waals surface area (Å²) in [6, 6.07) is 7.94.